The molecule has 4 nitrogen and oxygen atoms in total. The van der Waals surface area contributed by atoms with Gasteiger partial charge in [0.1, 0.15) is 9.84 Å². The third-order valence-electron chi connectivity index (χ3n) is 4.30. The van der Waals surface area contributed by atoms with Gasteiger partial charge in [0.15, 0.2) is 0 Å². The molecule has 2 atom stereocenters. The van der Waals surface area contributed by atoms with Crippen LogP contribution in [0.15, 0.2) is 24.3 Å². The average Bonchev–Trinajstić information content (AvgIpc) is 2.40. The number of nitrogens with zero attached hydrogens (tertiary/aromatic N) is 1. The van der Waals surface area contributed by atoms with Gasteiger partial charge in [-0.15, -0.1) is 0 Å². The van der Waals surface area contributed by atoms with E-state index < -0.39 is 9.84 Å². The average molecular weight is 296 g/mol. The largest absolute Gasteiger partial charge is 0.398 e. The molecule has 1 aromatic rings. The van der Waals surface area contributed by atoms with Crippen LogP contribution in [0.5, 0.6) is 0 Å². The van der Waals surface area contributed by atoms with Crippen molar-refractivity contribution in [3.63, 3.8) is 0 Å². The molecule has 0 heterocycles. The molecule has 20 heavy (non-hydrogen) atoms. The van der Waals surface area contributed by atoms with Crippen LogP contribution in [0.25, 0.3) is 0 Å². The Bertz CT molecular complexity index is 557. The Morgan fingerprint density at radius 3 is 2.65 bits per heavy atom. The molecule has 5 heteroatoms. The lowest BCUT2D eigenvalue weighted by molar-refractivity contribution is 0.186. The van der Waals surface area contributed by atoms with Gasteiger partial charge in [0.05, 0.1) is 5.25 Å². The Balaban J connectivity index is 2.02. The number of rotatable bonds is 4. The summed E-state index contributed by atoms with van der Waals surface area (Å²) in [6.45, 7) is 0.772. The summed E-state index contributed by atoms with van der Waals surface area (Å²) in [6.07, 6.45) is 4.94. The van der Waals surface area contributed by atoms with Gasteiger partial charge in [0.2, 0.25) is 0 Å². The van der Waals surface area contributed by atoms with Crippen molar-refractivity contribution in [1.29, 1.82) is 0 Å². The highest BCUT2D eigenvalue weighted by molar-refractivity contribution is 7.91. The maximum atomic E-state index is 11.7. The summed E-state index contributed by atoms with van der Waals surface area (Å²) in [7, 11) is -0.867. The second kappa shape index (κ2) is 6.14. The first-order valence-electron chi connectivity index (χ1n) is 7.10. The first-order valence-corrected chi connectivity index (χ1v) is 9.06. The van der Waals surface area contributed by atoms with E-state index in [0.29, 0.717) is 6.04 Å². The van der Waals surface area contributed by atoms with E-state index in [9.17, 15) is 8.42 Å². The van der Waals surface area contributed by atoms with Crippen molar-refractivity contribution in [3.8, 4) is 0 Å². The van der Waals surface area contributed by atoms with Crippen LogP contribution in [-0.4, -0.2) is 37.9 Å². The minimum Gasteiger partial charge on any atom is -0.398 e. The standard InChI is InChI=1S/C15H24N2O2S/c1-17(11-12-6-3-4-9-15(12)16)13-7-5-8-14(10-13)20(2,18)19/h3-4,6,9,13-14H,5,7-8,10-11,16H2,1-2H3. The van der Waals surface area contributed by atoms with E-state index in [2.05, 4.69) is 11.9 Å². The van der Waals surface area contributed by atoms with E-state index in [0.717, 1.165) is 43.5 Å². The van der Waals surface area contributed by atoms with Gasteiger partial charge in [0.25, 0.3) is 0 Å². The van der Waals surface area contributed by atoms with Gasteiger partial charge in [-0.05, 0) is 37.9 Å². The molecule has 0 aromatic heterocycles. The minimum absolute atomic E-state index is 0.183. The first-order chi connectivity index (χ1) is 9.38. The molecule has 2 unspecified atom stereocenters. The summed E-state index contributed by atoms with van der Waals surface area (Å²) in [5.41, 5.74) is 7.88. The fourth-order valence-electron chi connectivity index (χ4n) is 2.99. The van der Waals surface area contributed by atoms with Crippen molar-refractivity contribution in [1.82, 2.24) is 4.90 Å². The molecule has 2 N–H and O–H groups in total. The molecule has 1 aliphatic rings. The zero-order valence-corrected chi connectivity index (χ0v) is 13.1. The van der Waals surface area contributed by atoms with Crippen molar-refractivity contribution in [2.75, 3.05) is 19.0 Å². The summed E-state index contributed by atoms with van der Waals surface area (Å²) >= 11 is 0. The van der Waals surface area contributed by atoms with Gasteiger partial charge in [-0.25, -0.2) is 8.42 Å². The van der Waals surface area contributed by atoms with Crippen LogP contribution in [0.1, 0.15) is 31.2 Å². The number of hydrogen-bond acceptors (Lipinski definition) is 4. The zero-order chi connectivity index (χ0) is 14.8. The highest BCUT2D eigenvalue weighted by Gasteiger charge is 2.30. The highest BCUT2D eigenvalue weighted by Crippen LogP contribution is 2.28. The fourth-order valence-corrected chi connectivity index (χ4v) is 4.15. The van der Waals surface area contributed by atoms with Crippen LogP contribution < -0.4 is 5.73 Å². The summed E-state index contributed by atoms with van der Waals surface area (Å²) in [5, 5.41) is -0.183. The van der Waals surface area contributed by atoms with E-state index in [1.807, 2.05) is 24.3 Å². The topological polar surface area (TPSA) is 63.4 Å². The van der Waals surface area contributed by atoms with Crippen LogP contribution in [0, 0.1) is 0 Å². The lowest BCUT2D eigenvalue weighted by atomic mass is 9.93. The van der Waals surface area contributed by atoms with E-state index in [1.165, 1.54) is 6.26 Å². The Morgan fingerprint density at radius 2 is 2.00 bits per heavy atom. The predicted molar refractivity (Wildman–Crippen MR) is 83.2 cm³/mol. The second-order valence-electron chi connectivity index (χ2n) is 5.89. The maximum Gasteiger partial charge on any atom is 0.150 e. The van der Waals surface area contributed by atoms with Gasteiger partial charge in [0, 0.05) is 24.5 Å². The van der Waals surface area contributed by atoms with Crippen LogP contribution in [0.2, 0.25) is 0 Å². The number of nitrogen functional groups attached to an aromatic ring is 1. The molecule has 1 saturated carbocycles. The Labute approximate surface area is 121 Å². The summed E-state index contributed by atoms with van der Waals surface area (Å²) in [5.74, 6) is 0. The summed E-state index contributed by atoms with van der Waals surface area (Å²) in [4.78, 5) is 2.24. The third-order valence-corrected chi connectivity index (χ3v) is 5.94. The van der Waals surface area contributed by atoms with Crippen LogP contribution in [-0.2, 0) is 16.4 Å². The maximum absolute atomic E-state index is 11.7. The zero-order valence-electron chi connectivity index (χ0n) is 12.2. The monoisotopic (exact) mass is 296 g/mol. The van der Waals surface area contributed by atoms with Gasteiger partial charge in [-0.2, -0.15) is 0 Å². The van der Waals surface area contributed by atoms with E-state index in [-0.39, 0.29) is 5.25 Å². The van der Waals surface area contributed by atoms with E-state index >= 15 is 0 Å². The summed E-state index contributed by atoms with van der Waals surface area (Å²) in [6, 6.07) is 8.17. The number of nitrogens with two attached hydrogens (primary N) is 1. The Kier molecular flexibility index (Phi) is 4.70. The number of benzene rings is 1. The molecule has 0 bridgehead atoms. The fraction of sp³-hybridized carbons (Fsp3) is 0.600. The first kappa shape index (κ1) is 15.3. The SMILES string of the molecule is CN(Cc1ccccc1N)C1CCCC(S(C)(=O)=O)C1. The molecular formula is C15H24N2O2S. The number of hydrogen-bond donors (Lipinski definition) is 1. The second-order valence-corrected chi connectivity index (χ2v) is 8.21. The predicted octanol–water partition coefficient (Wildman–Crippen LogP) is 2.06. The minimum atomic E-state index is -2.92. The van der Waals surface area contributed by atoms with Crippen molar-refractivity contribution >= 4 is 15.5 Å². The van der Waals surface area contributed by atoms with E-state index in [1.54, 1.807) is 0 Å². The van der Waals surface area contributed by atoms with Crippen molar-refractivity contribution in [2.24, 2.45) is 0 Å². The van der Waals surface area contributed by atoms with Gasteiger partial charge in [-0.3, -0.25) is 4.90 Å². The number of para-hydroxylation sites is 1. The van der Waals surface area contributed by atoms with Crippen LogP contribution >= 0.6 is 0 Å². The van der Waals surface area contributed by atoms with Crippen LogP contribution in [0.4, 0.5) is 5.69 Å². The molecule has 112 valence electrons. The molecule has 0 saturated heterocycles. The molecule has 0 amide bonds. The van der Waals surface area contributed by atoms with Crippen molar-refractivity contribution in [2.45, 2.75) is 43.5 Å². The molecule has 1 fully saturated rings. The third kappa shape index (κ3) is 3.73. The molecule has 0 aliphatic heterocycles. The molecule has 0 radical (unpaired) electrons. The Hall–Kier alpha value is -1.07. The molecular weight excluding hydrogens is 272 g/mol. The number of anilines is 1. The highest BCUT2D eigenvalue weighted by atomic mass is 32.2. The molecule has 0 spiro atoms. The quantitative estimate of drug-likeness (QED) is 0.864. The van der Waals surface area contributed by atoms with Crippen molar-refractivity contribution < 1.29 is 8.42 Å². The van der Waals surface area contributed by atoms with Crippen molar-refractivity contribution in [3.05, 3.63) is 29.8 Å². The molecule has 2 rings (SSSR count). The lowest BCUT2D eigenvalue weighted by Gasteiger charge is -2.34. The Morgan fingerprint density at radius 1 is 1.30 bits per heavy atom. The van der Waals surface area contributed by atoms with Gasteiger partial charge in [-0.1, -0.05) is 24.6 Å². The van der Waals surface area contributed by atoms with Gasteiger partial charge < -0.3 is 5.73 Å². The molecule has 1 aromatic carbocycles. The lowest BCUT2D eigenvalue weighted by Crippen LogP contribution is -2.39. The number of sulfone groups is 1. The van der Waals surface area contributed by atoms with Gasteiger partial charge >= 0.3 is 0 Å². The summed E-state index contributed by atoms with van der Waals surface area (Å²) < 4.78 is 23.5. The smallest absolute Gasteiger partial charge is 0.150 e. The van der Waals surface area contributed by atoms with Crippen LogP contribution in [0.3, 0.4) is 0 Å². The normalized spacial score (nSPS) is 23.9. The molecule has 1 aliphatic carbocycles. The van der Waals surface area contributed by atoms with E-state index in [4.69, 9.17) is 5.73 Å².